The zero-order chi connectivity index (χ0) is 13.5. The van der Waals surface area contributed by atoms with Crippen molar-refractivity contribution in [1.82, 2.24) is 4.57 Å². The van der Waals surface area contributed by atoms with Gasteiger partial charge in [0.15, 0.2) is 0 Å². The molecule has 0 N–H and O–H groups in total. The Hall–Kier alpha value is -1.57. The van der Waals surface area contributed by atoms with Crippen LogP contribution in [0.3, 0.4) is 0 Å². The minimum absolute atomic E-state index is 1.12. The lowest BCUT2D eigenvalue weighted by Crippen LogP contribution is -2.32. The molecule has 19 heavy (non-hydrogen) atoms. The monoisotopic (exact) mass is 257 g/mol. The van der Waals surface area contributed by atoms with Crippen LogP contribution in [0.15, 0.2) is 42.7 Å². The highest BCUT2D eigenvalue weighted by Crippen LogP contribution is 2.06. The molecule has 2 rings (SSSR count). The van der Waals surface area contributed by atoms with Crippen LogP contribution < -0.4 is 4.57 Å². The molecule has 0 saturated carbocycles. The molecule has 0 unspecified atom stereocenters. The number of nitrogens with zero attached hydrogens (tertiary/aromatic N) is 2. The summed E-state index contributed by atoms with van der Waals surface area (Å²) in [7, 11) is 2.15. The Morgan fingerprint density at radius 2 is 1.84 bits per heavy atom. The van der Waals surface area contributed by atoms with Crippen molar-refractivity contribution in [2.45, 2.75) is 45.6 Å². The highest BCUT2D eigenvalue weighted by Gasteiger charge is 2.13. The maximum Gasteiger partial charge on any atom is 0.256 e. The molecule has 2 aromatic rings. The Labute approximate surface area is 116 Å². The van der Waals surface area contributed by atoms with Gasteiger partial charge in [0.1, 0.15) is 12.4 Å². The standard InChI is InChI=1S/C17H25N2/c1-3-4-12-17-18(2)14-15-19(17)13-8-11-16-9-6-5-7-10-16/h5-7,9-10,14-15H,3-4,8,11-13H2,1-2H3/q+1. The van der Waals surface area contributed by atoms with E-state index in [0.29, 0.717) is 0 Å². The molecule has 1 aromatic carbocycles. The second kappa shape index (κ2) is 7.13. The van der Waals surface area contributed by atoms with Gasteiger partial charge < -0.3 is 0 Å². The molecule has 0 radical (unpaired) electrons. The predicted octanol–water partition coefficient (Wildman–Crippen LogP) is 3.29. The molecule has 102 valence electrons. The second-order valence-corrected chi connectivity index (χ2v) is 5.21. The number of aryl methyl sites for hydroxylation is 3. The molecule has 1 heterocycles. The summed E-state index contributed by atoms with van der Waals surface area (Å²) in [6.07, 6.45) is 10.5. The van der Waals surface area contributed by atoms with Crippen molar-refractivity contribution in [1.29, 1.82) is 0 Å². The number of aromatic nitrogens is 2. The van der Waals surface area contributed by atoms with Crippen molar-refractivity contribution >= 4 is 0 Å². The van der Waals surface area contributed by atoms with Crippen molar-refractivity contribution < 1.29 is 4.57 Å². The average Bonchev–Trinajstić information content (AvgIpc) is 2.78. The lowest BCUT2D eigenvalue weighted by Gasteiger charge is -2.03. The zero-order valence-corrected chi connectivity index (χ0v) is 12.2. The lowest BCUT2D eigenvalue weighted by molar-refractivity contribution is -0.678. The van der Waals surface area contributed by atoms with E-state index in [4.69, 9.17) is 0 Å². The third-order valence-electron chi connectivity index (χ3n) is 3.67. The summed E-state index contributed by atoms with van der Waals surface area (Å²) < 4.78 is 4.68. The van der Waals surface area contributed by atoms with E-state index in [-0.39, 0.29) is 0 Å². The van der Waals surface area contributed by atoms with Crippen LogP contribution in [0.5, 0.6) is 0 Å². The summed E-state index contributed by atoms with van der Waals surface area (Å²) in [6.45, 7) is 3.37. The molecule has 0 fully saturated rings. The summed E-state index contributed by atoms with van der Waals surface area (Å²) in [5.41, 5.74) is 1.44. The molecule has 0 aliphatic heterocycles. The van der Waals surface area contributed by atoms with Gasteiger partial charge in [-0.2, -0.15) is 0 Å². The van der Waals surface area contributed by atoms with Crippen LogP contribution in [0.1, 0.15) is 37.6 Å². The molecule has 1 aromatic heterocycles. The Bertz CT molecular complexity index is 485. The van der Waals surface area contributed by atoms with Gasteiger partial charge in [-0.15, -0.1) is 0 Å². The zero-order valence-electron chi connectivity index (χ0n) is 12.2. The fraction of sp³-hybridized carbons (Fsp3) is 0.471. The summed E-state index contributed by atoms with van der Waals surface area (Å²) in [5.74, 6) is 1.45. The minimum Gasteiger partial charge on any atom is -0.237 e. The van der Waals surface area contributed by atoms with E-state index in [2.05, 4.69) is 65.8 Å². The molecule has 0 bridgehead atoms. The van der Waals surface area contributed by atoms with E-state index in [1.165, 1.54) is 37.1 Å². The van der Waals surface area contributed by atoms with Gasteiger partial charge in [-0.1, -0.05) is 43.7 Å². The Morgan fingerprint density at radius 3 is 2.58 bits per heavy atom. The molecule has 0 aliphatic rings. The van der Waals surface area contributed by atoms with Crippen LogP contribution in [-0.2, 0) is 26.4 Å². The lowest BCUT2D eigenvalue weighted by atomic mass is 10.1. The highest BCUT2D eigenvalue weighted by molar-refractivity contribution is 5.14. The molecular weight excluding hydrogens is 232 g/mol. The van der Waals surface area contributed by atoms with Gasteiger partial charge in [0.05, 0.1) is 13.6 Å². The number of benzene rings is 1. The number of hydrogen-bond donors (Lipinski definition) is 0. The highest BCUT2D eigenvalue weighted by atomic mass is 15.1. The van der Waals surface area contributed by atoms with Crippen molar-refractivity contribution in [3.05, 3.63) is 54.1 Å². The van der Waals surface area contributed by atoms with Crippen molar-refractivity contribution in [2.24, 2.45) is 7.05 Å². The second-order valence-electron chi connectivity index (χ2n) is 5.21. The topological polar surface area (TPSA) is 8.81 Å². The van der Waals surface area contributed by atoms with Crippen LogP contribution in [0.2, 0.25) is 0 Å². The average molecular weight is 257 g/mol. The molecule has 0 amide bonds. The summed E-state index contributed by atoms with van der Waals surface area (Å²) in [4.78, 5) is 0. The largest absolute Gasteiger partial charge is 0.256 e. The first-order chi connectivity index (χ1) is 9.31. The Balaban J connectivity index is 1.89. The Kier molecular flexibility index (Phi) is 5.20. The summed E-state index contributed by atoms with van der Waals surface area (Å²) in [5, 5.41) is 0. The summed E-state index contributed by atoms with van der Waals surface area (Å²) >= 11 is 0. The van der Waals surface area contributed by atoms with Crippen LogP contribution in [-0.4, -0.2) is 4.57 Å². The maximum atomic E-state index is 2.42. The van der Waals surface area contributed by atoms with Gasteiger partial charge in [-0.05, 0) is 24.8 Å². The first-order valence-corrected chi connectivity index (χ1v) is 7.39. The summed E-state index contributed by atoms with van der Waals surface area (Å²) in [6, 6.07) is 10.8. The van der Waals surface area contributed by atoms with Crippen molar-refractivity contribution in [3.8, 4) is 0 Å². The van der Waals surface area contributed by atoms with Gasteiger partial charge in [0.25, 0.3) is 5.82 Å². The number of hydrogen-bond acceptors (Lipinski definition) is 0. The fourth-order valence-corrected chi connectivity index (χ4v) is 2.51. The van der Waals surface area contributed by atoms with Crippen molar-refractivity contribution in [2.75, 3.05) is 0 Å². The van der Waals surface area contributed by atoms with Crippen molar-refractivity contribution in [3.63, 3.8) is 0 Å². The van der Waals surface area contributed by atoms with E-state index in [9.17, 15) is 0 Å². The molecular formula is C17H25N2+. The quantitative estimate of drug-likeness (QED) is 0.673. The van der Waals surface area contributed by atoms with Crippen LogP contribution >= 0.6 is 0 Å². The van der Waals surface area contributed by atoms with Gasteiger partial charge in [-0.25, -0.2) is 9.13 Å². The third-order valence-corrected chi connectivity index (χ3v) is 3.67. The van der Waals surface area contributed by atoms with E-state index in [1.807, 2.05) is 0 Å². The van der Waals surface area contributed by atoms with Gasteiger partial charge in [0.2, 0.25) is 0 Å². The van der Waals surface area contributed by atoms with Crippen LogP contribution in [0.4, 0.5) is 0 Å². The number of rotatable bonds is 7. The van der Waals surface area contributed by atoms with E-state index >= 15 is 0 Å². The van der Waals surface area contributed by atoms with Gasteiger partial charge >= 0.3 is 0 Å². The van der Waals surface area contributed by atoms with E-state index in [0.717, 1.165) is 13.0 Å². The molecule has 2 nitrogen and oxygen atoms in total. The first-order valence-electron chi connectivity index (χ1n) is 7.39. The Morgan fingerprint density at radius 1 is 1.05 bits per heavy atom. The van der Waals surface area contributed by atoms with E-state index < -0.39 is 0 Å². The number of imidazole rings is 1. The molecule has 2 heteroatoms. The third kappa shape index (κ3) is 3.95. The minimum atomic E-state index is 1.12. The normalized spacial score (nSPS) is 10.8. The maximum absolute atomic E-state index is 2.42. The van der Waals surface area contributed by atoms with E-state index in [1.54, 1.807) is 0 Å². The van der Waals surface area contributed by atoms with Gasteiger partial charge in [-0.3, -0.25) is 0 Å². The number of unbranched alkanes of at least 4 members (excludes halogenated alkanes) is 1. The molecule has 0 spiro atoms. The van der Waals surface area contributed by atoms with Crippen LogP contribution in [0, 0.1) is 0 Å². The van der Waals surface area contributed by atoms with Gasteiger partial charge in [0, 0.05) is 6.42 Å². The first kappa shape index (κ1) is 13.9. The predicted molar refractivity (Wildman–Crippen MR) is 79.0 cm³/mol. The smallest absolute Gasteiger partial charge is 0.237 e. The molecule has 0 saturated heterocycles. The molecule has 0 aliphatic carbocycles. The fourth-order valence-electron chi connectivity index (χ4n) is 2.51. The van der Waals surface area contributed by atoms with Crippen LogP contribution in [0.25, 0.3) is 0 Å². The molecule has 0 atom stereocenters. The SMILES string of the molecule is CCCCc1n(CCCc2ccccc2)cc[n+]1C.